The summed E-state index contributed by atoms with van der Waals surface area (Å²) in [7, 11) is -4.73. The van der Waals surface area contributed by atoms with E-state index in [1.165, 1.54) is 0 Å². The number of carboxylic acids is 1. The molecule has 0 spiro atoms. The molecule has 2 saturated heterocycles. The van der Waals surface area contributed by atoms with Gasteiger partial charge in [-0.05, 0) is 13.8 Å². The molecule has 2 fully saturated rings. The monoisotopic (exact) mass is 261 g/mol. The van der Waals surface area contributed by atoms with Gasteiger partial charge < -0.3 is 10.0 Å². The minimum absolute atomic E-state index is 0. The molecule has 2 aliphatic heterocycles. The van der Waals surface area contributed by atoms with Crippen LogP contribution in [0.15, 0.2) is 0 Å². The molecule has 6 nitrogen and oxygen atoms in total. The van der Waals surface area contributed by atoms with Crippen molar-refractivity contribution < 1.29 is 30.0 Å². The van der Waals surface area contributed by atoms with E-state index < -0.39 is 51.1 Å². The van der Waals surface area contributed by atoms with Gasteiger partial charge in [-0.3, -0.25) is 4.79 Å². The van der Waals surface area contributed by atoms with Crippen LogP contribution in [0.25, 0.3) is 0 Å². The predicted octanol–water partition coefficient (Wildman–Crippen LogP) is -1.18. The van der Waals surface area contributed by atoms with E-state index in [1.807, 2.05) is 0 Å². The van der Waals surface area contributed by atoms with Gasteiger partial charge >= 0.3 is 5.97 Å². The molecule has 3 atom stereocenters. The SMILES string of the molecule is [2H]C1([2H])C(=O)N2[C@@H](C(=O)O)C(C)(C([2H])([2H])[2H])S(=O)(=O)[C@@H]21.[Na]. The van der Waals surface area contributed by atoms with Gasteiger partial charge in [0.1, 0.15) is 11.4 Å². The molecule has 16 heavy (non-hydrogen) atoms. The summed E-state index contributed by atoms with van der Waals surface area (Å²) in [5, 5.41) is 7.05. The Morgan fingerprint density at radius 2 is 2.31 bits per heavy atom. The number of nitrogens with zero attached hydrogens (tertiary/aromatic N) is 1. The van der Waals surface area contributed by atoms with E-state index in [0.717, 1.165) is 6.92 Å². The Balaban J connectivity index is 0.00000220. The van der Waals surface area contributed by atoms with Crippen LogP contribution in [0.1, 0.15) is 27.0 Å². The first kappa shape index (κ1) is 8.07. The number of amides is 1. The van der Waals surface area contributed by atoms with Gasteiger partial charge in [0.15, 0.2) is 9.84 Å². The summed E-state index contributed by atoms with van der Waals surface area (Å²) in [5.74, 6) is -3.12. The Morgan fingerprint density at radius 1 is 1.75 bits per heavy atom. The third kappa shape index (κ3) is 1.38. The molecule has 85 valence electrons. The Morgan fingerprint density at radius 3 is 2.75 bits per heavy atom. The first-order valence-corrected chi connectivity index (χ1v) is 5.56. The maximum absolute atomic E-state index is 12.3. The summed E-state index contributed by atoms with van der Waals surface area (Å²) in [5.41, 5.74) is 0. The zero-order valence-corrected chi connectivity index (χ0v) is 11.4. The smallest absolute Gasteiger partial charge is 0.328 e. The molecule has 0 aromatic rings. The van der Waals surface area contributed by atoms with Crippen LogP contribution in [-0.4, -0.2) is 76.0 Å². The molecule has 8 heteroatoms. The number of hydrogen-bond donors (Lipinski definition) is 1. The summed E-state index contributed by atoms with van der Waals surface area (Å²) >= 11 is 0. The Bertz CT molecular complexity index is 619. The number of carbonyl (C=O) groups excluding carboxylic acids is 1. The fourth-order valence-electron chi connectivity index (χ4n) is 1.78. The van der Waals surface area contributed by atoms with E-state index >= 15 is 0 Å². The molecule has 0 aromatic heterocycles. The predicted molar refractivity (Wildman–Crippen MR) is 55.4 cm³/mol. The third-order valence-electron chi connectivity index (χ3n) is 2.65. The second kappa shape index (κ2) is 3.69. The molecule has 0 aliphatic carbocycles. The number of carbonyl (C=O) groups is 2. The van der Waals surface area contributed by atoms with Gasteiger partial charge in [-0.1, -0.05) is 0 Å². The van der Waals surface area contributed by atoms with Crippen molar-refractivity contribution in [2.24, 2.45) is 0 Å². The fourth-order valence-corrected chi connectivity index (χ4v) is 3.54. The van der Waals surface area contributed by atoms with Crippen LogP contribution in [-0.2, 0) is 19.4 Å². The number of rotatable bonds is 1. The Kier molecular flexibility index (Phi) is 1.86. The third-order valence-corrected chi connectivity index (χ3v) is 4.99. The summed E-state index contributed by atoms with van der Waals surface area (Å²) in [6.07, 6.45) is -2.81. The number of aliphatic carboxylic acids is 1. The van der Waals surface area contributed by atoms with Crippen molar-refractivity contribution in [2.45, 2.75) is 36.3 Å². The zero-order valence-electron chi connectivity index (χ0n) is 13.6. The molecular formula is C8H11NNaO5S. The molecule has 0 aromatic carbocycles. The largest absolute Gasteiger partial charge is 0.480 e. The van der Waals surface area contributed by atoms with E-state index in [-0.39, 0.29) is 29.6 Å². The van der Waals surface area contributed by atoms with Gasteiger partial charge in [-0.25, -0.2) is 13.2 Å². The Hall–Kier alpha value is -0.110. The summed E-state index contributed by atoms with van der Waals surface area (Å²) < 4.78 is 58.7. The van der Waals surface area contributed by atoms with E-state index in [4.69, 9.17) is 12.0 Å². The van der Waals surface area contributed by atoms with Crippen molar-refractivity contribution in [3.8, 4) is 0 Å². The van der Waals surface area contributed by atoms with Crippen molar-refractivity contribution in [2.75, 3.05) is 0 Å². The van der Waals surface area contributed by atoms with Crippen molar-refractivity contribution in [3.63, 3.8) is 0 Å². The maximum Gasteiger partial charge on any atom is 0.328 e. The van der Waals surface area contributed by atoms with Crippen molar-refractivity contribution in [3.05, 3.63) is 0 Å². The van der Waals surface area contributed by atoms with Crippen molar-refractivity contribution in [1.29, 1.82) is 0 Å². The minimum atomic E-state index is -4.73. The molecule has 2 heterocycles. The second-order valence-electron chi connectivity index (χ2n) is 3.60. The van der Waals surface area contributed by atoms with E-state index in [0.29, 0.717) is 4.90 Å². The molecule has 2 aliphatic rings. The standard InChI is InChI=1S/C8H11NO5S.Na/c1-8(2)6(7(11)12)9-4(10)3-5(9)15(8,13)14;/h5-6H,3H2,1-2H3,(H,11,12);/t5-,6+;/m1./s1/i1D3,3D2;/t5-,6+,8?;. The second-order valence-corrected chi connectivity index (χ2v) is 5.99. The summed E-state index contributed by atoms with van der Waals surface area (Å²) in [4.78, 5) is 23.2. The molecular weight excluding hydrogens is 245 g/mol. The number of carboxylic acid groups (broad SMARTS) is 1. The zero-order chi connectivity index (χ0) is 15.9. The average molecular weight is 261 g/mol. The van der Waals surface area contributed by atoms with Crippen LogP contribution in [0.5, 0.6) is 0 Å². The van der Waals surface area contributed by atoms with Crippen LogP contribution in [0.3, 0.4) is 0 Å². The molecule has 1 radical (unpaired) electrons. The molecule has 1 amide bonds. The van der Waals surface area contributed by atoms with Gasteiger partial charge in [0, 0.05) is 36.4 Å². The van der Waals surface area contributed by atoms with Crippen molar-refractivity contribution >= 4 is 51.3 Å². The van der Waals surface area contributed by atoms with Crippen LogP contribution in [0, 0.1) is 0 Å². The minimum Gasteiger partial charge on any atom is -0.480 e. The molecule has 0 bridgehead atoms. The van der Waals surface area contributed by atoms with Crippen molar-refractivity contribution in [1.82, 2.24) is 4.90 Å². The van der Waals surface area contributed by atoms with Gasteiger partial charge in [-0.2, -0.15) is 0 Å². The maximum atomic E-state index is 12.3. The molecule has 0 saturated carbocycles. The van der Waals surface area contributed by atoms with Gasteiger partial charge in [0.05, 0.1) is 11.1 Å². The number of β-lactam (4-membered cyclic amide) rings is 1. The van der Waals surface area contributed by atoms with Crippen LogP contribution in [0.4, 0.5) is 0 Å². The van der Waals surface area contributed by atoms with Crippen LogP contribution in [0.2, 0.25) is 0 Å². The summed E-state index contributed by atoms with van der Waals surface area (Å²) in [6, 6.07) is -2.14. The average Bonchev–Trinajstić information content (AvgIpc) is 2.42. The summed E-state index contributed by atoms with van der Waals surface area (Å²) in [6.45, 7) is -2.50. The van der Waals surface area contributed by atoms with Crippen LogP contribution >= 0.6 is 0 Å². The molecule has 2 rings (SSSR count). The topological polar surface area (TPSA) is 91.8 Å². The number of fused-ring (bicyclic) bond motifs is 1. The first-order valence-electron chi connectivity index (χ1n) is 6.51. The van der Waals surface area contributed by atoms with Crippen LogP contribution < -0.4 is 0 Å². The van der Waals surface area contributed by atoms with E-state index in [9.17, 15) is 18.0 Å². The van der Waals surface area contributed by atoms with Gasteiger partial charge in [0.25, 0.3) is 0 Å². The van der Waals surface area contributed by atoms with E-state index in [1.54, 1.807) is 0 Å². The van der Waals surface area contributed by atoms with Gasteiger partial charge in [0.2, 0.25) is 5.91 Å². The molecule has 1 N–H and O–H groups in total. The Labute approximate surface area is 122 Å². The van der Waals surface area contributed by atoms with Gasteiger partial charge in [-0.15, -0.1) is 0 Å². The molecule has 1 unspecified atom stereocenters. The first-order chi connectivity index (χ1) is 8.72. The quantitative estimate of drug-likeness (QED) is 0.474. The number of hydrogen-bond acceptors (Lipinski definition) is 4. The van der Waals surface area contributed by atoms with E-state index in [2.05, 4.69) is 0 Å². The fraction of sp³-hybridized carbons (Fsp3) is 0.750. The normalized spacial score (nSPS) is 48.2. The number of sulfone groups is 1.